The van der Waals surface area contributed by atoms with Crippen LogP contribution in [0.25, 0.3) is 0 Å². The van der Waals surface area contributed by atoms with Crippen LogP contribution in [-0.2, 0) is 9.59 Å². The summed E-state index contributed by atoms with van der Waals surface area (Å²) in [5.41, 5.74) is 1.15. The van der Waals surface area contributed by atoms with Gasteiger partial charge in [0.25, 0.3) is 0 Å². The van der Waals surface area contributed by atoms with Gasteiger partial charge in [0.05, 0.1) is 17.9 Å². The highest BCUT2D eigenvalue weighted by Gasteiger charge is 2.53. The van der Waals surface area contributed by atoms with Gasteiger partial charge >= 0.3 is 18.2 Å². The molecule has 3 N–H and O–H groups in total. The molecule has 148 valence electrons. The highest BCUT2D eigenvalue weighted by atomic mass is 19.4. The third kappa shape index (κ3) is 5.11. The molecule has 0 bridgehead atoms. The van der Waals surface area contributed by atoms with Crippen molar-refractivity contribution in [2.24, 2.45) is 11.8 Å². The van der Waals surface area contributed by atoms with Crippen LogP contribution in [-0.4, -0.2) is 47.2 Å². The molecule has 0 radical (unpaired) electrons. The predicted octanol–water partition coefficient (Wildman–Crippen LogP) is 2.61. The maximum Gasteiger partial charge on any atom is 0.394 e. The summed E-state index contributed by atoms with van der Waals surface area (Å²) >= 11 is 0. The largest absolute Gasteiger partial charge is 0.481 e. The van der Waals surface area contributed by atoms with E-state index in [1.54, 1.807) is 31.2 Å². The number of carboxylic acid groups (broad SMARTS) is 1. The van der Waals surface area contributed by atoms with Gasteiger partial charge in [-0.1, -0.05) is 12.1 Å². The van der Waals surface area contributed by atoms with Crippen molar-refractivity contribution < 1.29 is 32.7 Å². The number of hydrogen-bond acceptors (Lipinski definition) is 3. The molecule has 3 amide bonds. The average Bonchev–Trinajstić information content (AvgIpc) is 3.00. The Hall–Kier alpha value is -2.78. The fourth-order valence-corrected chi connectivity index (χ4v) is 3.00. The van der Waals surface area contributed by atoms with E-state index in [1.807, 2.05) is 0 Å². The summed E-state index contributed by atoms with van der Waals surface area (Å²) in [6, 6.07) is 5.32. The number of amides is 3. The average molecular weight is 387 g/mol. The molecule has 1 saturated heterocycles. The van der Waals surface area contributed by atoms with E-state index in [2.05, 4.69) is 10.6 Å². The van der Waals surface area contributed by atoms with Crippen LogP contribution in [0.4, 0.5) is 23.7 Å². The van der Waals surface area contributed by atoms with Crippen molar-refractivity contribution in [3.8, 4) is 0 Å². The lowest BCUT2D eigenvalue weighted by molar-refractivity contribution is -0.187. The number of benzene rings is 1. The number of rotatable bonds is 4. The van der Waals surface area contributed by atoms with Crippen LogP contribution in [0.2, 0.25) is 0 Å². The zero-order chi connectivity index (χ0) is 20.4. The Morgan fingerprint density at radius 2 is 1.93 bits per heavy atom. The Bertz CT molecular complexity index is 738. The lowest BCUT2D eigenvalue weighted by Crippen LogP contribution is -2.40. The van der Waals surface area contributed by atoms with Crippen molar-refractivity contribution in [1.82, 2.24) is 10.2 Å². The predicted molar refractivity (Wildman–Crippen MR) is 89.9 cm³/mol. The van der Waals surface area contributed by atoms with Gasteiger partial charge in [-0.25, -0.2) is 4.79 Å². The van der Waals surface area contributed by atoms with E-state index >= 15 is 0 Å². The molecule has 1 aliphatic heterocycles. The summed E-state index contributed by atoms with van der Waals surface area (Å²) < 4.78 is 39.1. The van der Waals surface area contributed by atoms with Crippen molar-refractivity contribution in [1.29, 1.82) is 0 Å². The van der Waals surface area contributed by atoms with Crippen LogP contribution in [0.3, 0.4) is 0 Å². The van der Waals surface area contributed by atoms with Crippen LogP contribution < -0.4 is 10.6 Å². The number of carboxylic acids is 1. The highest BCUT2D eigenvalue weighted by Crippen LogP contribution is 2.37. The Kier molecular flexibility index (Phi) is 5.97. The Labute approximate surface area is 153 Å². The minimum absolute atomic E-state index is 0.265. The van der Waals surface area contributed by atoms with Gasteiger partial charge in [-0.3, -0.25) is 9.59 Å². The minimum Gasteiger partial charge on any atom is -0.481 e. The SMILES string of the molecule is CC(=O)Nc1cccc(C(C)NC(=O)N2C[C@@H](C(F)(F)F)[C@H](C(=O)O)C2)c1. The molecule has 1 fully saturated rings. The second-order valence-corrected chi connectivity index (χ2v) is 6.48. The van der Waals surface area contributed by atoms with Crippen LogP contribution in [0.1, 0.15) is 25.5 Å². The number of nitrogens with one attached hydrogen (secondary N) is 2. The first-order valence-corrected chi connectivity index (χ1v) is 8.21. The van der Waals surface area contributed by atoms with Crippen molar-refractivity contribution in [2.45, 2.75) is 26.1 Å². The van der Waals surface area contributed by atoms with Crippen molar-refractivity contribution in [3.05, 3.63) is 29.8 Å². The molecule has 1 aromatic carbocycles. The Morgan fingerprint density at radius 1 is 1.26 bits per heavy atom. The summed E-state index contributed by atoms with van der Waals surface area (Å²) in [6.07, 6.45) is -4.70. The molecule has 1 aromatic rings. The number of alkyl halides is 3. The van der Waals surface area contributed by atoms with Gasteiger partial charge in [0.15, 0.2) is 0 Å². The minimum atomic E-state index is -4.70. The monoisotopic (exact) mass is 387 g/mol. The summed E-state index contributed by atoms with van der Waals surface area (Å²) in [4.78, 5) is 35.4. The van der Waals surface area contributed by atoms with E-state index in [9.17, 15) is 27.6 Å². The smallest absolute Gasteiger partial charge is 0.394 e. The van der Waals surface area contributed by atoms with E-state index in [4.69, 9.17) is 5.11 Å². The molecule has 10 heteroatoms. The molecule has 7 nitrogen and oxygen atoms in total. The number of halogens is 3. The number of hydrogen-bond donors (Lipinski definition) is 3. The molecular formula is C17H20F3N3O4. The van der Waals surface area contributed by atoms with Crippen LogP contribution >= 0.6 is 0 Å². The van der Waals surface area contributed by atoms with Gasteiger partial charge in [0, 0.05) is 25.7 Å². The van der Waals surface area contributed by atoms with Crippen LogP contribution in [0, 0.1) is 11.8 Å². The Morgan fingerprint density at radius 3 is 2.44 bits per heavy atom. The number of anilines is 1. The maximum atomic E-state index is 13.0. The number of likely N-dealkylation sites (tertiary alicyclic amines) is 1. The fraction of sp³-hybridized carbons (Fsp3) is 0.471. The molecular weight excluding hydrogens is 367 g/mol. The standard InChI is InChI=1S/C17H20F3N3O4/c1-9(11-4-3-5-12(6-11)22-10(2)24)21-16(27)23-7-13(15(25)26)14(8-23)17(18,19)20/h3-6,9,13-14H,7-8H2,1-2H3,(H,21,27)(H,22,24)(H,25,26)/t9?,13-,14-/m1/s1. The van der Waals surface area contributed by atoms with Gasteiger partial charge in [0.1, 0.15) is 0 Å². The number of carbonyl (C=O) groups excluding carboxylic acids is 2. The van der Waals surface area contributed by atoms with Gasteiger partial charge in [-0.05, 0) is 24.6 Å². The molecule has 1 unspecified atom stereocenters. The van der Waals surface area contributed by atoms with Crippen molar-refractivity contribution >= 4 is 23.6 Å². The number of aliphatic carboxylic acids is 1. The molecule has 0 spiro atoms. The number of urea groups is 1. The molecule has 0 saturated carbocycles. The molecule has 0 aromatic heterocycles. The van der Waals surface area contributed by atoms with Gasteiger partial charge in [-0.2, -0.15) is 13.2 Å². The molecule has 27 heavy (non-hydrogen) atoms. The maximum absolute atomic E-state index is 13.0. The second-order valence-electron chi connectivity index (χ2n) is 6.48. The lowest BCUT2D eigenvalue weighted by Gasteiger charge is -2.22. The zero-order valence-electron chi connectivity index (χ0n) is 14.7. The lowest BCUT2D eigenvalue weighted by atomic mass is 9.96. The zero-order valence-corrected chi connectivity index (χ0v) is 14.7. The van der Waals surface area contributed by atoms with Gasteiger partial charge in [-0.15, -0.1) is 0 Å². The van der Waals surface area contributed by atoms with E-state index in [1.165, 1.54) is 6.92 Å². The molecule has 1 heterocycles. The molecule has 0 aliphatic carbocycles. The fourth-order valence-electron chi connectivity index (χ4n) is 3.00. The topological polar surface area (TPSA) is 98.7 Å². The number of nitrogens with zero attached hydrogens (tertiary/aromatic N) is 1. The molecule has 3 atom stereocenters. The normalized spacial score (nSPS) is 20.9. The quantitative estimate of drug-likeness (QED) is 0.740. The van der Waals surface area contributed by atoms with E-state index < -0.39 is 49.1 Å². The third-order valence-corrected chi connectivity index (χ3v) is 4.39. The van der Waals surface area contributed by atoms with Crippen LogP contribution in [0.15, 0.2) is 24.3 Å². The molecule has 1 aliphatic rings. The number of carbonyl (C=O) groups is 3. The van der Waals surface area contributed by atoms with E-state index in [0.717, 1.165) is 4.90 Å². The van der Waals surface area contributed by atoms with Crippen molar-refractivity contribution in [3.63, 3.8) is 0 Å². The Balaban J connectivity index is 2.06. The third-order valence-electron chi connectivity index (χ3n) is 4.39. The first-order chi connectivity index (χ1) is 12.5. The summed E-state index contributed by atoms with van der Waals surface area (Å²) in [5.74, 6) is -5.63. The van der Waals surface area contributed by atoms with E-state index in [0.29, 0.717) is 11.3 Å². The highest BCUT2D eigenvalue weighted by molar-refractivity contribution is 5.88. The van der Waals surface area contributed by atoms with Gasteiger partial charge in [0.2, 0.25) is 5.91 Å². The van der Waals surface area contributed by atoms with Crippen molar-refractivity contribution in [2.75, 3.05) is 18.4 Å². The van der Waals surface area contributed by atoms with Crippen LogP contribution in [0.5, 0.6) is 0 Å². The summed E-state index contributed by atoms with van der Waals surface area (Å²) in [5, 5.41) is 14.2. The second kappa shape index (κ2) is 7.85. The first kappa shape index (κ1) is 20.5. The summed E-state index contributed by atoms with van der Waals surface area (Å²) in [6.45, 7) is 1.77. The first-order valence-electron chi connectivity index (χ1n) is 8.21. The molecule has 2 rings (SSSR count). The van der Waals surface area contributed by atoms with E-state index in [-0.39, 0.29) is 5.91 Å². The summed E-state index contributed by atoms with van der Waals surface area (Å²) in [7, 11) is 0. The van der Waals surface area contributed by atoms with Gasteiger partial charge < -0.3 is 20.6 Å².